The van der Waals surface area contributed by atoms with Gasteiger partial charge in [0.05, 0.1) is 12.6 Å². The van der Waals surface area contributed by atoms with E-state index in [1.807, 2.05) is 13.8 Å². The van der Waals surface area contributed by atoms with E-state index in [4.69, 9.17) is 9.84 Å². The van der Waals surface area contributed by atoms with E-state index >= 15 is 0 Å². The van der Waals surface area contributed by atoms with Crippen LogP contribution in [0.25, 0.3) is 0 Å². The second kappa shape index (κ2) is 7.45. The van der Waals surface area contributed by atoms with Crippen molar-refractivity contribution in [3.8, 4) is 0 Å². The molecule has 0 unspecified atom stereocenters. The summed E-state index contributed by atoms with van der Waals surface area (Å²) in [4.78, 5) is 22.6. The second-order valence-electron chi connectivity index (χ2n) is 5.22. The monoisotopic (exact) mass is 272 g/mol. The number of amides is 1. The number of nitrogens with one attached hydrogen (secondary N) is 2. The molecule has 1 rings (SSSR count). The third kappa shape index (κ3) is 5.16. The summed E-state index contributed by atoms with van der Waals surface area (Å²) < 4.78 is 5.35. The first-order valence-electron chi connectivity index (χ1n) is 6.83. The number of hydrogen-bond donors (Lipinski definition) is 3. The molecule has 19 heavy (non-hydrogen) atoms. The lowest BCUT2D eigenvalue weighted by Crippen LogP contribution is -2.59. The molecule has 1 fully saturated rings. The lowest BCUT2D eigenvalue weighted by molar-refractivity contribution is -0.148. The zero-order valence-electron chi connectivity index (χ0n) is 11.7. The van der Waals surface area contributed by atoms with Crippen molar-refractivity contribution in [3.63, 3.8) is 0 Å². The van der Waals surface area contributed by atoms with Crippen LogP contribution in [0.5, 0.6) is 0 Å². The first kappa shape index (κ1) is 15.9. The van der Waals surface area contributed by atoms with Crippen LogP contribution in [0.15, 0.2) is 0 Å². The van der Waals surface area contributed by atoms with Crippen molar-refractivity contribution in [2.75, 3.05) is 19.7 Å². The van der Waals surface area contributed by atoms with Gasteiger partial charge in [0.15, 0.2) is 0 Å². The van der Waals surface area contributed by atoms with Gasteiger partial charge in [0.1, 0.15) is 5.54 Å². The quantitative estimate of drug-likeness (QED) is 0.532. The summed E-state index contributed by atoms with van der Waals surface area (Å²) in [5.74, 6) is -1.03. The molecule has 1 saturated carbocycles. The number of carbonyl (C=O) groups excluding carboxylic acids is 1. The molecule has 1 aliphatic carbocycles. The molecule has 0 spiro atoms. The summed E-state index contributed by atoms with van der Waals surface area (Å²) in [6.45, 7) is 5.15. The highest BCUT2D eigenvalue weighted by molar-refractivity contribution is 5.82. The molecule has 1 amide bonds. The average molecular weight is 272 g/mol. The van der Waals surface area contributed by atoms with E-state index in [9.17, 15) is 9.59 Å². The smallest absolute Gasteiger partial charge is 0.323 e. The highest BCUT2D eigenvalue weighted by atomic mass is 16.5. The Morgan fingerprint density at radius 1 is 1.37 bits per heavy atom. The first-order chi connectivity index (χ1) is 8.96. The maximum atomic E-state index is 11.5. The molecule has 0 radical (unpaired) electrons. The second-order valence-corrected chi connectivity index (χ2v) is 5.22. The molecule has 3 N–H and O–H groups in total. The molecule has 0 saturated heterocycles. The normalized spacial score (nSPS) is 17.0. The minimum atomic E-state index is -0.877. The zero-order valence-corrected chi connectivity index (χ0v) is 11.7. The molecule has 0 aromatic rings. The predicted molar refractivity (Wildman–Crippen MR) is 70.9 cm³/mol. The fourth-order valence-electron chi connectivity index (χ4n) is 1.93. The molecule has 0 atom stereocenters. The number of rotatable bonds is 9. The van der Waals surface area contributed by atoms with Gasteiger partial charge in [-0.1, -0.05) is 0 Å². The van der Waals surface area contributed by atoms with Crippen molar-refractivity contribution in [1.82, 2.24) is 10.6 Å². The van der Waals surface area contributed by atoms with Crippen LogP contribution in [-0.4, -0.2) is 48.3 Å². The Bertz CT molecular complexity index is 314. The topological polar surface area (TPSA) is 87.7 Å². The van der Waals surface area contributed by atoms with Gasteiger partial charge in [-0.3, -0.25) is 14.9 Å². The predicted octanol–water partition coefficient (Wildman–Crippen LogP) is 0.515. The highest BCUT2D eigenvalue weighted by Crippen LogP contribution is 2.31. The summed E-state index contributed by atoms with van der Waals surface area (Å²) in [5.41, 5.74) is -0.877. The van der Waals surface area contributed by atoms with Gasteiger partial charge in [-0.25, -0.2) is 0 Å². The van der Waals surface area contributed by atoms with Crippen molar-refractivity contribution in [3.05, 3.63) is 0 Å². The molecule has 0 aromatic carbocycles. The van der Waals surface area contributed by atoms with Crippen LogP contribution in [0, 0.1) is 0 Å². The van der Waals surface area contributed by atoms with Crippen LogP contribution in [0.4, 0.5) is 0 Å². The molecule has 0 aliphatic heterocycles. The Labute approximate surface area is 113 Å². The third-order valence-electron chi connectivity index (χ3n) is 3.30. The van der Waals surface area contributed by atoms with Gasteiger partial charge in [-0.05, 0) is 39.5 Å². The van der Waals surface area contributed by atoms with Crippen LogP contribution in [0.3, 0.4) is 0 Å². The van der Waals surface area contributed by atoms with E-state index < -0.39 is 11.5 Å². The van der Waals surface area contributed by atoms with Crippen molar-refractivity contribution in [2.45, 2.75) is 51.2 Å². The largest absolute Gasteiger partial charge is 0.480 e. The molecule has 6 heteroatoms. The Kier molecular flexibility index (Phi) is 6.24. The van der Waals surface area contributed by atoms with Crippen LogP contribution in [-0.2, 0) is 14.3 Å². The molecule has 0 bridgehead atoms. The molecular formula is C13H24N2O4. The van der Waals surface area contributed by atoms with Gasteiger partial charge < -0.3 is 15.2 Å². The van der Waals surface area contributed by atoms with E-state index in [1.165, 1.54) is 0 Å². The first-order valence-corrected chi connectivity index (χ1v) is 6.83. The Balaban J connectivity index is 2.09. The third-order valence-corrected chi connectivity index (χ3v) is 3.30. The van der Waals surface area contributed by atoms with Gasteiger partial charge in [-0.2, -0.15) is 0 Å². The SMILES string of the molecule is CC(C)OCCCNC(=O)CNC1(C(=O)O)CCC1. The van der Waals surface area contributed by atoms with Crippen LogP contribution < -0.4 is 10.6 Å². The van der Waals surface area contributed by atoms with Gasteiger partial charge >= 0.3 is 5.97 Å². The average Bonchev–Trinajstić information content (AvgIpc) is 2.26. The zero-order chi connectivity index (χ0) is 14.3. The summed E-state index contributed by atoms with van der Waals surface area (Å²) in [6, 6.07) is 0. The fourth-order valence-corrected chi connectivity index (χ4v) is 1.93. The molecule has 6 nitrogen and oxygen atoms in total. The minimum Gasteiger partial charge on any atom is -0.480 e. The highest BCUT2D eigenvalue weighted by Gasteiger charge is 2.44. The lowest BCUT2D eigenvalue weighted by atomic mass is 9.77. The van der Waals surface area contributed by atoms with E-state index in [0.29, 0.717) is 26.0 Å². The maximum absolute atomic E-state index is 11.5. The molecule has 110 valence electrons. The molecule has 1 aliphatic rings. The molecule has 0 heterocycles. The maximum Gasteiger partial charge on any atom is 0.323 e. The Morgan fingerprint density at radius 2 is 2.05 bits per heavy atom. The number of ether oxygens (including phenoxy) is 1. The standard InChI is InChI=1S/C13H24N2O4/c1-10(2)19-8-4-7-14-11(16)9-15-13(12(17)18)5-3-6-13/h10,15H,3-9H2,1-2H3,(H,14,16)(H,17,18). The number of aliphatic carboxylic acids is 1. The fraction of sp³-hybridized carbons (Fsp3) is 0.846. The summed E-state index contributed by atoms with van der Waals surface area (Å²) >= 11 is 0. The number of carboxylic acid groups (broad SMARTS) is 1. The summed E-state index contributed by atoms with van der Waals surface area (Å²) in [7, 11) is 0. The number of carboxylic acids is 1. The Morgan fingerprint density at radius 3 is 2.53 bits per heavy atom. The Hall–Kier alpha value is -1.14. The molecule has 0 aromatic heterocycles. The van der Waals surface area contributed by atoms with Gasteiger partial charge in [-0.15, -0.1) is 0 Å². The van der Waals surface area contributed by atoms with Crippen molar-refractivity contribution in [2.24, 2.45) is 0 Å². The van der Waals surface area contributed by atoms with E-state index in [2.05, 4.69) is 10.6 Å². The van der Waals surface area contributed by atoms with E-state index in [0.717, 1.165) is 12.8 Å². The van der Waals surface area contributed by atoms with Gasteiger partial charge in [0, 0.05) is 13.2 Å². The number of carbonyl (C=O) groups is 2. The number of hydrogen-bond acceptors (Lipinski definition) is 4. The summed E-state index contributed by atoms with van der Waals surface area (Å²) in [5, 5.41) is 14.7. The van der Waals surface area contributed by atoms with Crippen LogP contribution >= 0.6 is 0 Å². The minimum absolute atomic E-state index is 0.0529. The van der Waals surface area contributed by atoms with Gasteiger partial charge in [0.2, 0.25) is 5.91 Å². The molecular weight excluding hydrogens is 248 g/mol. The summed E-state index contributed by atoms with van der Waals surface area (Å²) in [6.07, 6.45) is 3.04. The van der Waals surface area contributed by atoms with E-state index in [-0.39, 0.29) is 18.6 Å². The lowest BCUT2D eigenvalue weighted by Gasteiger charge is -2.38. The van der Waals surface area contributed by atoms with Crippen LogP contribution in [0.2, 0.25) is 0 Å². The van der Waals surface area contributed by atoms with Crippen molar-refractivity contribution < 1.29 is 19.4 Å². The van der Waals surface area contributed by atoms with Crippen LogP contribution in [0.1, 0.15) is 39.5 Å². The van der Waals surface area contributed by atoms with E-state index in [1.54, 1.807) is 0 Å². The van der Waals surface area contributed by atoms with Crippen molar-refractivity contribution >= 4 is 11.9 Å². The van der Waals surface area contributed by atoms with Crippen molar-refractivity contribution in [1.29, 1.82) is 0 Å². The van der Waals surface area contributed by atoms with Gasteiger partial charge in [0.25, 0.3) is 0 Å².